The average molecular weight is 498 g/mol. The zero-order valence-electron chi connectivity index (χ0n) is 5.55. The molecule has 0 aromatic carbocycles. The van der Waals surface area contributed by atoms with Gasteiger partial charge in [-0.3, -0.25) is 0 Å². The van der Waals surface area contributed by atoms with Crippen LogP contribution in [0.4, 0.5) is 0 Å². The van der Waals surface area contributed by atoms with Gasteiger partial charge in [0, 0.05) is 0 Å². The first-order valence-electron chi connectivity index (χ1n) is 2.58. The molecule has 0 aliphatic rings. The van der Waals surface area contributed by atoms with Crippen LogP contribution in [0.5, 0.6) is 0 Å². The number of halogens is 2. The molecule has 7 heteroatoms. The van der Waals surface area contributed by atoms with Crippen LogP contribution in [0.2, 0.25) is 8.94 Å². The van der Waals surface area contributed by atoms with Gasteiger partial charge in [0.15, 0.2) is 0 Å². The number of hydrogen-bond donors (Lipinski definition) is 2. The molecule has 0 atom stereocenters. The Labute approximate surface area is 88.1 Å². The fourth-order valence-electron chi connectivity index (χ4n) is 0.467. The van der Waals surface area contributed by atoms with E-state index in [4.69, 9.17) is 11.5 Å². The molecule has 2 amide bonds. The first kappa shape index (κ1) is 12.2. The van der Waals surface area contributed by atoms with Crippen molar-refractivity contribution < 1.29 is 9.59 Å². The number of nitrogens with two attached hydrogens (primary N) is 2. The van der Waals surface area contributed by atoms with Crippen molar-refractivity contribution in [2.75, 3.05) is 0 Å². The summed E-state index contributed by atoms with van der Waals surface area (Å²) in [4.78, 5) is 21.0. The fraction of sp³-hybridized carbons (Fsp3) is 0.500. The second-order valence-electron chi connectivity index (χ2n) is 1.92. The molecule has 0 aliphatic heterocycles. The molecule has 0 radical (unpaired) electrons. The zero-order chi connectivity index (χ0) is 9.07. The van der Waals surface area contributed by atoms with Crippen molar-refractivity contribution in [3.05, 3.63) is 0 Å². The van der Waals surface area contributed by atoms with Crippen LogP contribution < -0.4 is 11.5 Å². The van der Waals surface area contributed by atoms with Crippen LogP contribution >= 0.6 is 37.4 Å². The predicted molar refractivity (Wildman–Crippen MR) is 61.8 cm³/mol. The van der Waals surface area contributed by atoms with Crippen molar-refractivity contribution >= 4 is 59.5 Å². The van der Waals surface area contributed by atoms with Gasteiger partial charge in [0.2, 0.25) is 0 Å². The van der Waals surface area contributed by atoms with Crippen molar-refractivity contribution in [1.29, 1.82) is 0 Å². The molecule has 0 saturated heterocycles. The molecule has 11 heavy (non-hydrogen) atoms. The van der Waals surface area contributed by atoms with Crippen molar-refractivity contribution in [1.82, 2.24) is 0 Å². The molecule has 0 saturated carbocycles. The van der Waals surface area contributed by atoms with Gasteiger partial charge in [0.1, 0.15) is 0 Å². The molecule has 4 N–H and O–H groups in total. The van der Waals surface area contributed by atoms with Crippen LogP contribution in [0, 0.1) is 0 Å². The Morgan fingerprint density at radius 3 is 1.55 bits per heavy atom. The summed E-state index contributed by atoms with van der Waals surface area (Å²) in [5.41, 5.74) is 10.0. The van der Waals surface area contributed by atoms with E-state index in [-0.39, 0.29) is 11.8 Å². The van der Waals surface area contributed by atoms with Crippen molar-refractivity contribution in [2.45, 2.75) is 8.94 Å². The summed E-state index contributed by atoms with van der Waals surface area (Å²) in [5, 5.41) is 0. The van der Waals surface area contributed by atoms with Crippen LogP contribution in [-0.4, -0.2) is 22.1 Å². The van der Waals surface area contributed by atoms with E-state index in [1.807, 2.05) is 0 Å². The van der Waals surface area contributed by atoms with Gasteiger partial charge in [-0.2, -0.15) is 0 Å². The first-order valence-corrected chi connectivity index (χ1v) is 19.5. The SMILES string of the molecule is NC(=O)C[Te](I)(I)CC(N)=O. The third-order valence-electron chi connectivity index (χ3n) is 0.707. The Morgan fingerprint density at radius 2 is 1.36 bits per heavy atom. The molecule has 0 aliphatic carbocycles. The Morgan fingerprint density at radius 1 is 1.09 bits per heavy atom. The summed E-state index contributed by atoms with van der Waals surface area (Å²) in [6.45, 7) is 0. The summed E-state index contributed by atoms with van der Waals surface area (Å²) in [6.07, 6.45) is 0. The third kappa shape index (κ3) is 7.55. The molecule has 0 rings (SSSR count). The van der Waals surface area contributed by atoms with E-state index < -0.39 is 10.3 Å². The Bertz CT molecular complexity index is 167. The molecular formula is C4H8I2N2O2Te. The topological polar surface area (TPSA) is 86.2 Å². The van der Waals surface area contributed by atoms with Crippen LogP contribution in [0.25, 0.3) is 0 Å². The minimum atomic E-state index is -2.34. The third-order valence-corrected chi connectivity index (χ3v) is 13.1. The van der Waals surface area contributed by atoms with Gasteiger partial charge < -0.3 is 0 Å². The Kier molecular flexibility index (Phi) is 5.58. The Balaban J connectivity index is 3.99. The van der Waals surface area contributed by atoms with Crippen molar-refractivity contribution in [3.63, 3.8) is 0 Å². The molecule has 0 unspecified atom stereocenters. The van der Waals surface area contributed by atoms with E-state index in [1.165, 1.54) is 0 Å². The van der Waals surface area contributed by atoms with E-state index in [1.54, 1.807) is 0 Å². The minimum absolute atomic E-state index is 0.337. The fourth-order valence-corrected chi connectivity index (χ4v) is 11.4. The van der Waals surface area contributed by atoms with E-state index >= 15 is 0 Å². The van der Waals surface area contributed by atoms with E-state index in [0.717, 1.165) is 0 Å². The summed E-state index contributed by atoms with van der Waals surface area (Å²) < 4.78 is 0.707. The molecule has 0 aromatic heterocycles. The quantitative estimate of drug-likeness (QED) is 0.432. The average Bonchev–Trinajstić information content (AvgIpc) is 1.53. The van der Waals surface area contributed by atoms with Crippen LogP contribution in [0.1, 0.15) is 0 Å². The zero-order valence-corrected chi connectivity index (χ0v) is 12.2. The molecule has 0 heterocycles. The van der Waals surface area contributed by atoms with Gasteiger partial charge in [-0.1, -0.05) is 0 Å². The number of hydrogen-bond acceptors (Lipinski definition) is 2. The van der Waals surface area contributed by atoms with Gasteiger partial charge >= 0.3 is 89.5 Å². The van der Waals surface area contributed by atoms with Gasteiger partial charge in [0.05, 0.1) is 0 Å². The predicted octanol–water partition coefficient (Wildman–Crippen LogP) is 0.269. The van der Waals surface area contributed by atoms with Crippen LogP contribution in [0.15, 0.2) is 0 Å². The summed E-state index contributed by atoms with van der Waals surface area (Å²) in [5.74, 6) is -0.674. The molecule has 0 aromatic rings. The van der Waals surface area contributed by atoms with Crippen molar-refractivity contribution in [3.8, 4) is 0 Å². The Hall–Kier alpha value is 1.19. The van der Waals surface area contributed by atoms with Crippen LogP contribution in [0.3, 0.4) is 0 Å². The second-order valence-corrected chi connectivity index (χ2v) is 41.5. The normalized spacial score (nSPS) is 12.5. The summed E-state index contributed by atoms with van der Waals surface area (Å²) >= 11 is 4.36. The maximum atomic E-state index is 10.5. The number of primary amides is 2. The molecule has 66 valence electrons. The number of amides is 2. The standard InChI is InChI=1S/C4H8I2N2O2Te/c5-11(6,1-3(7)9)2-4(8)10/h1-2H2,(H2,7,9)(H2,8,10). The van der Waals surface area contributed by atoms with Crippen LogP contribution in [-0.2, 0) is 9.59 Å². The van der Waals surface area contributed by atoms with E-state index in [0.29, 0.717) is 8.94 Å². The molecule has 4 nitrogen and oxygen atoms in total. The number of carbonyl (C=O) groups is 2. The molecule has 0 bridgehead atoms. The first-order chi connectivity index (χ1) is 4.83. The molecule has 0 fully saturated rings. The second kappa shape index (κ2) is 5.04. The monoisotopic (exact) mass is 500 g/mol. The van der Waals surface area contributed by atoms with Crippen molar-refractivity contribution in [2.24, 2.45) is 11.5 Å². The summed E-state index contributed by atoms with van der Waals surface area (Å²) in [6, 6.07) is 0. The number of rotatable bonds is 4. The van der Waals surface area contributed by atoms with Gasteiger partial charge in [-0.25, -0.2) is 0 Å². The molecular weight excluding hydrogens is 489 g/mol. The summed E-state index contributed by atoms with van der Waals surface area (Å²) in [7, 11) is -2.34. The van der Waals surface area contributed by atoms with E-state index in [9.17, 15) is 9.59 Å². The van der Waals surface area contributed by atoms with E-state index in [2.05, 4.69) is 37.4 Å². The maximum absolute atomic E-state index is 10.5. The van der Waals surface area contributed by atoms with Gasteiger partial charge in [-0.05, 0) is 0 Å². The van der Waals surface area contributed by atoms with Gasteiger partial charge in [0.25, 0.3) is 0 Å². The molecule has 0 spiro atoms. The van der Waals surface area contributed by atoms with Gasteiger partial charge in [-0.15, -0.1) is 0 Å². The number of carbonyl (C=O) groups excluding carboxylic acids is 2.